The van der Waals surface area contributed by atoms with Gasteiger partial charge in [0.15, 0.2) is 0 Å². The van der Waals surface area contributed by atoms with Crippen LogP contribution in [0.5, 0.6) is 17.2 Å². The second-order valence-corrected chi connectivity index (χ2v) is 4.55. The highest BCUT2D eigenvalue weighted by molar-refractivity contribution is 5.85. The summed E-state index contributed by atoms with van der Waals surface area (Å²) < 4.78 is 16.1. The SMILES string of the molecule is CCCCC[C@H](N)c1c(OC)cc(OC)cc1OC.Cl. The molecule has 0 aliphatic heterocycles. The Labute approximate surface area is 128 Å². The van der Waals surface area contributed by atoms with Gasteiger partial charge in [-0.05, 0) is 6.42 Å². The Morgan fingerprint density at radius 1 is 1.00 bits per heavy atom. The van der Waals surface area contributed by atoms with Gasteiger partial charge < -0.3 is 19.9 Å². The third-order valence-electron chi connectivity index (χ3n) is 3.24. The number of hydrogen-bond donors (Lipinski definition) is 1. The fourth-order valence-electron chi connectivity index (χ4n) is 2.16. The van der Waals surface area contributed by atoms with Crippen LogP contribution in [0.25, 0.3) is 0 Å². The van der Waals surface area contributed by atoms with Gasteiger partial charge in [0, 0.05) is 18.2 Å². The van der Waals surface area contributed by atoms with E-state index in [1.807, 2.05) is 12.1 Å². The molecule has 0 saturated carbocycles. The number of hydrogen-bond acceptors (Lipinski definition) is 4. The van der Waals surface area contributed by atoms with Crippen LogP contribution in [0.3, 0.4) is 0 Å². The summed E-state index contributed by atoms with van der Waals surface area (Å²) in [5.41, 5.74) is 7.20. The van der Waals surface area contributed by atoms with Crippen molar-refractivity contribution in [2.45, 2.75) is 38.6 Å². The zero-order chi connectivity index (χ0) is 14.3. The van der Waals surface area contributed by atoms with Crippen molar-refractivity contribution in [3.8, 4) is 17.2 Å². The van der Waals surface area contributed by atoms with Crippen molar-refractivity contribution in [1.29, 1.82) is 0 Å². The molecule has 1 atom stereocenters. The zero-order valence-electron chi connectivity index (χ0n) is 12.8. The Morgan fingerprint density at radius 2 is 1.55 bits per heavy atom. The molecular formula is C15H26ClNO3. The van der Waals surface area contributed by atoms with Gasteiger partial charge in [0.1, 0.15) is 17.2 Å². The summed E-state index contributed by atoms with van der Waals surface area (Å²) in [5, 5.41) is 0. The van der Waals surface area contributed by atoms with Crippen molar-refractivity contribution in [3.05, 3.63) is 17.7 Å². The van der Waals surface area contributed by atoms with Gasteiger partial charge in [-0.3, -0.25) is 0 Å². The van der Waals surface area contributed by atoms with E-state index in [0.29, 0.717) is 5.75 Å². The third-order valence-corrected chi connectivity index (χ3v) is 3.24. The van der Waals surface area contributed by atoms with Crippen LogP contribution in [0.2, 0.25) is 0 Å². The first-order valence-electron chi connectivity index (χ1n) is 6.73. The Hall–Kier alpha value is -1.13. The summed E-state index contributed by atoms with van der Waals surface area (Å²) in [6.45, 7) is 2.18. The van der Waals surface area contributed by atoms with Crippen LogP contribution in [0.15, 0.2) is 12.1 Å². The molecule has 1 aromatic carbocycles. The molecule has 2 N–H and O–H groups in total. The molecule has 116 valence electrons. The molecule has 1 rings (SSSR count). The van der Waals surface area contributed by atoms with Gasteiger partial charge >= 0.3 is 0 Å². The summed E-state index contributed by atoms with van der Waals surface area (Å²) in [7, 11) is 4.89. The Balaban J connectivity index is 0.00000361. The highest BCUT2D eigenvalue weighted by Gasteiger charge is 2.19. The number of methoxy groups -OCH3 is 3. The van der Waals surface area contributed by atoms with E-state index in [1.165, 1.54) is 12.8 Å². The molecule has 0 heterocycles. The number of rotatable bonds is 8. The average Bonchev–Trinajstić information content (AvgIpc) is 2.45. The standard InChI is InChI=1S/C15H25NO3.ClH/c1-5-6-7-8-12(16)15-13(18-3)9-11(17-2)10-14(15)19-4;/h9-10,12H,5-8,16H2,1-4H3;1H/t12-;/m0./s1. The monoisotopic (exact) mass is 303 g/mol. The first kappa shape index (κ1) is 18.9. The summed E-state index contributed by atoms with van der Waals surface area (Å²) >= 11 is 0. The van der Waals surface area contributed by atoms with Gasteiger partial charge in [-0.25, -0.2) is 0 Å². The molecule has 20 heavy (non-hydrogen) atoms. The van der Waals surface area contributed by atoms with E-state index >= 15 is 0 Å². The van der Waals surface area contributed by atoms with E-state index < -0.39 is 0 Å². The lowest BCUT2D eigenvalue weighted by Crippen LogP contribution is -2.13. The molecule has 0 bridgehead atoms. The van der Waals surface area contributed by atoms with Gasteiger partial charge in [0.25, 0.3) is 0 Å². The molecule has 0 fully saturated rings. The van der Waals surface area contributed by atoms with Gasteiger partial charge in [-0.2, -0.15) is 0 Å². The van der Waals surface area contributed by atoms with E-state index in [-0.39, 0.29) is 18.4 Å². The van der Waals surface area contributed by atoms with Crippen LogP contribution in [0.1, 0.15) is 44.2 Å². The van der Waals surface area contributed by atoms with E-state index in [1.54, 1.807) is 21.3 Å². The Kier molecular flexibility index (Phi) is 9.17. The largest absolute Gasteiger partial charge is 0.496 e. The highest BCUT2D eigenvalue weighted by atomic mass is 35.5. The molecule has 0 unspecified atom stereocenters. The van der Waals surface area contributed by atoms with E-state index in [9.17, 15) is 0 Å². The third kappa shape index (κ3) is 4.76. The van der Waals surface area contributed by atoms with Crippen LogP contribution >= 0.6 is 12.4 Å². The molecule has 0 amide bonds. The minimum atomic E-state index is -0.0812. The second-order valence-electron chi connectivity index (χ2n) is 4.55. The number of benzene rings is 1. The van der Waals surface area contributed by atoms with Gasteiger partial charge in [-0.1, -0.05) is 26.2 Å². The van der Waals surface area contributed by atoms with Gasteiger partial charge in [0.2, 0.25) is 0 Å². The smallest absolute Gasteiger partial charge is 0.131 e. The molecule has 5 heteroatoms. The van der Waals surface area contributed by atoms with Crippen LogP contribution in [-0.2, 0) is 0 Å². The molecule has 0 aromatic heterocycles. The van der Waals surface area contributed by atoms with Crippen LogP contribution in [0.4, 0.5) is 0 Å². The molecule has 0 aliphatic rings. The zero-order valence-corrected chi connectivity index (χ0v) is 13.6. The minimum Gasteiger partial charge on any atom is -0.496 e. The maximum atomic E-state index is 6.28. The minimum absolute atomic E-state index is 0. The lowest BCUT2D eigenvalue weighted by Gasteiger charge is -2.20. The molecule has 0 radical (unpaired) electrons. The van der Waals surface area contributed by atoms with Crippen LogP contribution in [-0.4, -0.2) is 21.3 Å². The number of nitrogens with two attached hydrogens (primary N) is 1. The molecule has 0 saturated heterocycles. The quantitative estimate of drug-likeness (QED) is 0.744. The fraction of sp³-hybridized carbons (Fsp3) is 0.600. The molecule has 1 aromatic rings. The maximum Gasteiger partial charge on any atom is 0.131 e. The predicted molar refractivity (Wildman–Crippen MR) is 84.4 cm³/mol. The lowest BCUT2D eigenvalue weighted by atomic mass is 9.99. The van der Waals surface area contributed by atoms with E-state index in [4.69, 9.17) is 19.9 Å². The van der Waals surface area contributed by atoms with E-state index in [0.717, 1.165) is 29.9 Å². The van der Waals surface area contributed by atoms with Crippen LogP contribution < -0.4 is 19.9 Å². The number of unbranched alkanes of at least 4 members (excludes halogenated alkanes) is 2. The van der Waals surface area contributed by atoms with Crippen molar-refractivity contribution in [2.24, 2.45) is 5.73 Å². The maximum absolute atomic E-state index is 6.28. The average molecular weight is 304 g/mol. The summed E-state index contributed by atoms with van der Waals surface area (Å²) in [6.07, 6.45) is 4.40. The van der Waals surface area contributed by atoms with Gasteiger partial charge in [-0.15, -0.1) is 12.4 Å². The first-order chi connectivity index (χ1) is 9.17. The lowest BCUT2D eigenvalue weighted by molar-refractivity contribution is 0.361. The highest BCUT2D eigenvalue weighted by Crippen LogP contribution is 2.38. The van der Waals surface area contributed by atoms with Crippen molar-refractivity contribution in [2.75, 3.05) is 21.3 Å². The van der Waals surface area contributed by atoms with Crippen molar-refractivity contribution >= 4 is 12.4 Å². The molecule has 0 aliphatic carbocycles. The van der Waals surface area contributed by atoms with Crippen molar-refractivity contribution in [3.63, 3.8) is 0 Å². The topological polar surface area (TPSA) is 53.7 Å². The molecule has 4 nitrogen and oxygen atoms in total. The summed E-state index contributed by atoms with van der Waals surface area (Å²) in [5.74, 6) is 2.15. The summed E-state index contributed by atoms with van der Waals surface area (Å²) in [6, 6.07) is 3.61. The fourth-order valence-corrected chi connectivity index (χ4v) is 2.16. The normalized spacial score (nSPS) is 11.4. The molecule has 0 spiro atoms. The summed E-state index contributed by atoms with van der Waals surface area (Å²) in [4.78, 5) is 0. The van der Waals surface area contributed by atoms with Gasteiger partial charge in [0.05, 0.1) is 26.9 Å². The Morgan fingerprint density at radius 3 is 1.95 bits per heavy atom. The molecular weight excluding hydrogens is 278 g/mol. The van der Waals surface area contributed by atoms with Crippen molar-refractivity contribution in [1.82, 2.24) is 0 Å². The number of ether oxygens (including phenoxy) is 3. The van der Waals surface area contributed by atoms with Crippen molar-refractivity contribution < 1.29 is 14.2 Å². The second kappa shape index (κ2) is 9.72. The first-order valence-corrected chi connectivity index (χ1v) is 6.73. The Bertz CT molecular complexity index is 374. The van der Waals surface area contributed by atoms with E-state index in [2.05, 4.69) is 6.92 Å². The predicted octanol–water partition coefficient (Wildman–Crippen LogP) is 3.71. The van der Waals surface area contributed by atoms with Crippen LogP contribution in [0, 0.1) is 0 Å². The number of halogens is 1.